The van der Waals surface area contributed by atoms with E-state index < -0.39 is 11.7 Å². The highest BCUT2D eigenvalue weighted by Gasteiger charge is 2.33. The van der Waals surface area contributed by atoms with Crippen LogP contribution < -0.4 is 17.0 Å². The van der Waals surface area contributed by atoms with Crippen molar-refractivity contribution in [1.29, 1.82) is 5.26 Å². The first kappa shape index (κ1) is 16.4. The van der Waals surface area contributed by atoms with Crippen molar-refractivity contribution in [2.75, 3.05) is 0 Å². The summed E-state index contributed by atoms with van der Waals surface area (Å²) in [4.78, 5) is 0. The number of halogens is 3. The molecule has 4 nitrogen and oxygen atoms in total. The van der Waals surface area contributed by atoms with Crippen molar-refractivity contribution >= 4 is 5.70 Å². The smallest absolute Gasteiger partial charge is 0.396 e. The van der Waals surface area contributed by atoms with E-state index in [9.17, 15) is 13.2 Å². The zero-order valence-corrected chi connectivity index (χ0v) is 11.9. The molecule has 118 valence electrons. The van der Waals surface area contributed by atoms with Crippen LogP contribution in [0.3, 0.4) is 0 Å². The Morgan fingerprint density at radius 1 is 1.09 bits per heavy atom. The van der Waals surface area contributed by atoms with E-state index in [1.165, 1.54) is 24.3 Å². The third-order valence-corrected chi connectivity index (χ3v) is 3.24. The summed E-state index contributed by atoms with van der Waals surface area (Å²) in [6, 6.07) is 13.2. The summed E-state index contributed by atoms with van der Waals surface area (Å²) in [6.45, 7) is 0. The number of benzene rings is 2. The summed E-state index contributed by atoms with van der Waals surface area (Å²) in [5.74, 6) is 5.19. The van der Waals surface area contributed by atoms with Gasteiger partial charge in [0.2, 0.25) is 0 Å². The molecule has 0 aliphatic heterocycles. The van der Waals surface area contributed by atoms with Gasteiger partial charge in [0.05, 0.1) is 11.3 Å². The predicted octanol–water partition coefficient (Wildman–Crippen LogP) is 2.99. The van der Waals surface area contributed by atoms with Gasteiger partial charge in [0.15, 0.2) is 5.70 Å². The SMILES string of the molecule is N#C/C(NN)=C(/N)c1cccc(-c2ccccc2C(F)(F)F)c1. The number of nitrogens with one attached hydrogen (secondary N) is 1. The van der Waals surface area contributed by atoms with Crippen LogP contribution in [-0.2, 0) is 6.18 Å². The maximum absolute atomic E-state index is 13.1. The van der Waals surface area contributed by atoms with E-state index in [1.807, 2.05) is 0 Å². The maximum Gasteiger partial charge on any atom is 0.417 e. The van der Waals surface area contributed by atoms with Crippen LogP contribution in [0.15, 0.2) is 54.2 Å². The van der Waals surface area contributed by atoms with E-state index in [1.54, 1.807) is 24.3 Å². The van der Waals surface area contributed by atoms with E-state index in [4.69, 9.17) is 16.8 Å². The molecule has 0 unspecified atom stereocenters. The van der Waals surface area contributed by atoms with Gasteiger partial charge in [-0.3, -0.25) is 0 Å². The second-order valence-corrected chi connectivity index (χ2v) is 4.67. The zero-order chi connectivity index (χ0) is 17.0. The minimum Gasteiger partial charge on any atom is -0.396 e. The fourth-order valence-electron chi connectivity index (χ4n) is 2.15. The van der Waals surface area contributed by atoms with Crippen LogP contribution in [0.25, 0.3) is 16.8 Å². The quantitative estimate of drug-likeness (QED) is 0.461. The average molecular weight is 318 g/mol. The monoisotopic (exact) mass is 318 g/mol. The summed E-state index contributed by atoms with van der Waals surface area (Å²) in [5.41, 5.74) is 8.01. The molecule has 0 aliphatic rings. The van der Waals surface area contributed by atoms with Crippen LogP contribution in [0, 0.1) is 11.3 Å². The molecule has 0 saturated carbocycles. The second-order valence-electron chi connectivity index (χ2n) is 4.67. The summed E-state index contributed by atoms with van der Waals surface area (Å²) in [5, 5.41) is 8.92. The Labute approximate surface area is 130 Å². The summed E-state index contributed by atoms with van der Waals surface area (Å²) in [6.07, 6.45) is -4.47. The summed E-state index contributed by atoms with van der Waals surface area (Å²) >= 11 is 0. The molecule has 0 aliphatic carbocycles. The largest absolute Gasteiger partial charge is 0.417 e. The molecule has 7 heteroatoms. The molecule has 2 rings (SSSR count). The minimum atomic E-state index is -4.47. The Kier molecular flexibility index (Phi) is 4.57. The van der Waals surface area contributed by atoms with Crippen molar-refractivity contribution in [3.8, 4) is 17.2 Å². The van der Waals surface area contributed by atoms with Crippen molar-refractivity contribution < 1.29 is 13.2 Å². The third kappa shape index (κ3) is 3.44. The van der Waals surface area contributed by atoms with E-state index in [0.29, 0.717) is 11.1 Å². The van der Waals surface area contributed by atoms with Gasteiger partial charge in [-0.15, -0.1) is 0 Å². The van der Waals surface area contributed by atoms with Crippen molar-refractivity contribution in [1.82, 2.24) is 5.43 Å². The lowest BCUT2D eigenvalue weighted by atomic mass is 9.97. The first-order chi connectivity index (χ1) is 10.9. The fraction of sp³-hybridized carbons (Fsp3) is 0.0625. The molecule has 0 aromatic heterocycles. The Morgan fingerprint density at radius 2 is 1.78 bits per heavy atom. The van der Waals surface area contributed by atoms with Gasteiger partial charge >= 0.3 is 6.18 Å². The number of alkyl halides is 3. The molecule has 2 aromatic carbocycles. The van der Waals surface area contributed by atoms with Gasteiger partial charge < -0.3 is 11.2 Å². The molecule has 0 spiro atoms. The Bertz CT molecular complexity index is 788. The number of nitriles is 1. The molecule has 5 N–H and O–H groups in total. The average Bonchev–Trinajstić information content (AvgIpc) is 2.55. The third-order valence-electron chi connectivity index (χ3n) is 3.24. The number of nitrogens with zero attached hydrogens (tertiary/aromatic N) is 1. The summed E-state index contributed by atoms with van der Waals surface area (Å²) < 4.78 is 39.4. The number of hydrazine groups is 1. The molecule has 0 saturated heterocycles. The minimum absolute atomic E-state index is 0.0360. The van der Waals surface area contributed by atoms with Gasteiger partial charge in [-0.25, -0.2) is 5.84 Å². The van der Waals surface area contributed by atoms with E-state index in [0.717, 1.165) is 6.07 Å². The first-order valence-corrected chi connectivity index (χ1v) is 6.52. The van der Waals surface area contributed by atoms with Gasteiger partial charge in [-0.05, 0) is 23.3 Å². The van der Waals surface area contributed by atoms with Crippen LogP contribution >= 0.6 is 0 Å². The second kappa shape index (κ2) is 6.42. The number of allylic oxidation sites excluding steroid dienone is 1. The lowest BCUT2D eigenvalue weighted by molar-refractivity contribution is -0.137. The lowest BCUT2D eigenvalue weighted by Crippen LogP contribution is -2.23. The molecule has 0 heterocycles. The van der Waals surface area contributed by atoms with Gasteiger partial charge in [0.25, 0.3) is 0 Å². The number of hydrogen-bond donors (Lipinski definition) is 3. The Morgan fingerprint density at radius 3 is 2.39 bits per heavy atom. The number of rotatable bonds is 3. The van der Waals surface area contributed by atoms with E-state index >= 15 is 0 Å². The van der Waals surface area contributed by atoms with Gasteiger partial charge in [-0.2, -0.15) is 18.4 Å². The van der Waals surface area contributed by atoms with Crippen LogP contribution in [0.4, 0.5) is 13.2 Å². The molecule has 23 heavy (non-hydrogen) atoms. The predicted molar refractivity (Wildman–Crippen MR) is 80.9 cm³/mol. The maximum atomic E-state index is 13.1. The van der Waals surface area contributed by atoms with Crippen LogP contribution in [0.2, 0.25) is 0 Å². The molecule has 0 bridgehead atoms. The van der Waals surface area contributed by atoms with Crippen LogP contribution in [-0.4, -0.2) is 0 Å². The molecular weight excluding hydrogens is 305 g/mol. The molecular formula is C16H13F3N4. The number of hydrogen-bond acceptors (Lipinski definition) is 4. The number of nitrogens with two attached hydrogens (primary N) is 2. The topological polar surface area (TPSA) is 87.9 Å². The molecule has 0 amide bonds. The summed E-state index contributed by atoms with van der Waals surface area (Å²) in [7, 11) is 0. The van der Waals surface area contributed by atoms with Crippen LogP contribution in [0.1, 0.15) is 11.1 Å². The molecule has 0 fully saturated rings. The normalized spacial score (nSPS) is 12.3. The zero-order valence-electron chi connectivity index (χ0n) is 11.9. The Hall–Kier alpha value is -2.98. The lowest BCUT2D eigenvalue weighted by Gasteiger charge is -2.14. The molecule has 0 radical (unpaired) electrons. The highest BCUT2D eigenvalue weighted by Crippen LogP contribution is 2.37. The fourth-order valence-corrected chi connectivity index (χ4v) is 2.15. The van der Waals surface area contributed by atoms with Gasteiger partial charge in [-0.1, -0.05) is 36.4 Å². The Balaban J connectivity index is 2.60. The van der Waals surface area contributed by atoms with E-state index in [2.05, 4.69) is 5.43 Å². The van der Waals surface area contributed by atoms with Crippen molar-refractivity contribution in [3.05, 3.63) is 65.4 Å². The van der Waals surface area contributed by atoms with Crippen molar-refractivity contribution in [3.63, 3.8) is 0 Å². The van der Waals surface area contributed by atoms with Gasteiger partial charge in [0, 0.05) is 5.56 Å². The highest BCUT2D eigenvalue weighted by molar-refractivity contribution is 5.75. The van der Waals surface area contributed by atoms with Crippen LogP contribution in [0.5, 0.6) is 0 Å². The first-order valence-electron chi connectivity index (χ1n) is 6.52. The van der Waals surface area contributed by atoms with E-state index in [-0.39, 0.29) is 17.0 Å². The molecule has 0 atom stereocenters. The standard InChI is InChI=1S/C16H13F3N4/c17-16(18,19)13-7-2-1-6-12(13)10-4-3-5-11(8-10)15(21)14(9-20)23-22/h1-8,23H,21-22H2/b15-14-. The molecule has 2 aromatic rings. The van der Waals surface area contributed by atoms with Gasteiger partial charge in [0.1, 0.15) is 6.07 Å². The van der Waals surface area contributed by atoms with Crippen molar-refractivity contribution in [2.24, 2.45) is 11.6 Å². The highest BCUT2D eigenvalue weighted by atomic mass is 19.4. The van der Waals surface area contributed by atoms with Crippen molar-refractivity contribution in [2.45, 2.75) is 6.18 Å².